The maximum atomic E-state index is 5.59. The van der Waals surface area contributed by atoms with Crippen LogP contribution in [0.15, 0.2) is 72.5 Å². The summed E-state index contributed by atoms with van der Waals surface area (Å²) in [4.78, 5) is 0. The van der Waals surface area contributed by atoms with Crippen LogP contribution in [0.4, 0.5) is 0 Å². The van der Waals surface area contributed by atoms with Crippen molar-refractivity contribution in [1.29, 1.82) is 0 Å². The first-order chi connectivity index (χ1) is 8.84. The van der Waals surface area contributed by atoms with Crippen LogP contribution in [0.1, 0.15) is 18.1 Å². The van der Waals surface area contributed by atoms with Crippen molar-refractivity contribution >= 4 is 0 Å². The lowest BCUT2D eigenvalue weighted by molar-refractivity contribution is 0.233. The average molecular weight is 238 g/mol. The highest BCUT2D eigenvalue weighted by molar-refractivity contribution is 5.20. The molecule has 0 atom stereocenters. The van der Waals surface area contributed by atoms with Crippen LogP contribution in [0.2, 0.25) is 0 Å². The Labute approximate surface area is 109 Å². The molecule has 0 N–H and O–H groups in total. The minimum atomic E-state index is 0.632. The Morgan fingerprint density at radius 3 is 2.06 bits per heavy atom. The molecule has 0 amide bonds. The van der Waals surface area contributed by atoms with Crippen LogP contribution in [0.5, 0.6) is 0 Å². The zero-order valence-electron chi connectivity index (χ0n) is 10.7. The lowest BCUT2D eigenvalue weighted by Gasteiger charge is -2.04. The van der Waals surface area contributed by atoms with Gasteiger partial charge in [-0.05, 0) is 30.0 Å². The molecule has 1 nitrogen and oxygen atoms in total. The van der Waals surface area contributed by atoms with Gasteiger partial charge in [0.1, 0.15) is 6.61 Å². The molecule has 0 radical (unpaired) electrons. The quantitative estimate of drug-likeness (QED) is 0.704. The summed E-state index contributed by atoms with van der Waals surface area (Å²) in [6.45, 7) is 2.73. The largest absolute Gasteiger partial charge is 0.497 e. The van der Waals surface area contributed by atoms with Crippen LogP contribution >= 0.6 is 0 Å². The predicted octanol–water partition coefficient (Wildman–Crippen LogP) is 4.35. The van der Waals surface area contributed by atoms with Gasteiger partial charge in [-0.1, -0.05) is 60.7 Å². The zero-order chi connectivity index (χ0) is 12.6. The Bertz CT molecular complexity index is 486. The Kier molecular flexibility index (Phi) is 4.60. The molecule has 18 heavy (non-hydrogen) atoms. The standard InChI is InChI=1S/C17H18O/c1-15(12-16-8-4-2-5-9-16)13-18-14-17-10-6-3-7-11-17/h2-11,13H,12,14H2,1H3/b15-13+. The minimum absolute atomic E-state index is 0.632. The first-order valence-corrected chi connectivity index (χ1v) is 6.20. The summed E-state index contributed by atoms with van der Waals surface area (Å²) in [6, 6.07) is 20.6. The third-order valence-corrected chi connectivity index (χ3v) is 2.70. The molecule has 2 aromatic rings. The van der Waals surface area contributed by atoms with Crippen molar-refractivity contribution in [3.63, 3.8) is 0 Å². The van der Waals surface area contributed by atoms with Crippen LogP contribution in [0.25, 0.3) is 0 Å². The molecule has 0 aliphatic carbocycles. The van der Waals surface area contributed by atoms with E-state index in [2.05, 4.69) is 43.3 Å². The molecule has 2 rings (SSSR count). The molecule has 0 heterocycles. The first-order valence-electron chi connectivity index (χ1n) is 6.20. The van der Waals surface area contributed by atoms with Crippen LogP contribution in [0, 0.1) is 0 Å². The van der Waals surface area contributed by atoms with Crippen molar-refractivity contribution in [3.8, 4) is 0 Å². The Morgan fingerprint density at radius 1 is 0.889 bits per heavy atom. The minimum Gasteiger partial charge on any atom is -0.497 e. The normalized spacial score (nSPS) is 11.3. The number of benzene rings is 2. The van der Waals surface area contributed by atoms with Gasteiger partial charge in [0, 0.05) is 0 Å². The summed E-state index contributed by atoms with van der Waals surface area (Å²) in [5, 5.41) is 0. The van der Waals surface area contributed by atoms with Gasteiger partial charge in [-0.15, -0.1) is 0 Å². The summed E-state index contributed by atoms with van der Waals surface area (Å²) in [5.74, 6) is 0. The third kappa shape index (κ3) is 4.10. The Hall–Kier alpha value is -2.02. The SMILES string of the molecule is C/C(=C\OCc1ccccc1)Cc1ccccc1. The van der Waals surface area contributed by atoms with E-state index in [-0.39, 0.29) is 0 Å². The third-order valence-electron chi connectivity index (χ3n) is 2.70. The molecule has 92 valence electrons. The molecule has 0 fully saturated rings. The topological polar surface area (TPSA) is 9.23 Å². The number of allylic oxidation sites excluding steroid dienone is 1. The summed E-state index contributed by atoms with van der Waals surface area (Å²) in [6.07, 6.45) is 2.80. The van der Waals surface area contributed by atoms with E-state index >= 15 is 0 Å². The van der Waals surface area contributed by atoms with Crippen molar-refractivity contribution in [1.82, 2.24) is 0 Å². The van der Waals surface area contributed by atoms with E-state index in [4.69, 9.17) is 4.74 Å². The summed E-state index contributed by atoms with van der Waals surface area (Å²) < 4.78 is 5.59. The van der Waals surface area contributed by atoms with E-state index < -0.39 is 0 Å². The van der Waals surface area contributed by atoms with E-state index in [1.807, 2.05) is 30.5 Å². The van der Waals surface area contributed by atoms with Gasteiger partial charge in [0.25, 0.3) is 0 Å². The Morgan fingerprint density at radius 2 is 1.44 bits per heavy atom. The highest BCUT2D eigenvalue weighted by Gasteiger charge is 1.94. The summed E-state index contributed by atoms with van der Waals surface area (Å²) >= 11 is 0. The molecular weight excluding hydrogens is 220 g/mol. The zero-order valence-corrected chi connectivity index (χ0v) is 10.7. The monoisotopic (exact) mass is 238 g/mol. The molecule has 1 heteroatoms. The van der Waals surface area contributed by atoms with Crippen LogP contribution in [-0.4, -0.2) is 0 Å². The summed E-state index contributed by atoms with van der Waals surface area (Å²) in [5.41, 5.74) is 3.74. The van der Waals surface area contributed by atoms with Gasteiger partial charge in [0.05, 0.1) is 6.26 Å². The van der Waals surface area contributed by atoms with Crippen LogP contribution < -0.4 is 0 Å². The highest BCUT2D eigenvalue weighted by atomic mass is 16.5. The fourth-order valence-corrected chi connectivity index (χ4v) is 1.81. The predicted molar refractivity (Wildman–Crippen MR) is 75.1 cm³/mol. The van der Waals surface area contributed by atoms with E-state index in [1.165, 1.54) is 16.7 Å². The Balaban J connectivity index is 1.83. The number of hydrogen-bond acceptors (Lipinski definition) is 1. The van der Waals surface area contributed by atoms with E-state index in [0.717, 1.165) is 6.42 Å². The van der Waals surface area contributed by atoms with Gasteiger partial charge < -0.3 is 4.74 Å². The van der Waals surface area contributed by atoms with Crippen LogP contribution in [0.3, 0.4) is 0 Å². The fourth-order valence-electron chi connectivity index (χ4n) is 1.81. The molecule has 0 bridgehead atoms. The second-order valence-electron chi connectivity index (χ2n) is 4.42. The van der Waals surface area contributed by atoms with Crippen molar-refractivity contribution < 1.29 is 4.74 Å². The van der Waals surface area contributed by atoms with E-state index in [0.29, 0.717) is 6.61 Å². The molecule has 0 aliphatic rings. The number of hydrogen-bond donors (Lipinski definition) is 0. The summed E-state index contributed by atoms with van der Waals surface area (Å²) in [7, 11) is 0. The second-order valence-corrected chi connectivity index (χ2v) is 4.42. The molecule has 0 saturated carbocycles. The van der Waals surface area contributed by atoms with Crippen molar-refractivity contribution in [2.75, 3.05) is 0 Å². The van der Waals surface area contributed by atoms with Gasteiger partial charge >= 0.3 is 0 Å². The highest BCUT2D eigenvalue weighted by Crippen LogP contribution is 2.08. The molecular formula is C17H18O. The van der Waals surface area contributed by atoms with Crippen molar-refractivity contribution in [2.24, 2.45) is 0 Å². The van der Waals surface area contributed by atoms with Gasteiger partial charge in [-0.2, -0.15) is 0 Å². The number of ether oxygens (including phenoxy) is 1. The molecule has 0 unspecified atom stereocenters. The molecule has 0 aliphatic heterocycles. The van der Waals surface area contributed by atoms with Crippen molar-refractivity contribution in [2.45, 2.75) is 20.0 Å². The van der Waals surface area contributed by atoms with E-state index in [9.17, 15) is 0 Å². The smallest absolute Gasteiger partial charge is 0.112 e. The number of rotatable bonds is 5. The van der Waals surface area contributed by atoms with E-state index in [1.54, 1.807) is 0 Å². The second kappa shape index (κ2) is 6.65. The molecule has 2 aromatic carbocycles. The van der Waals surface area contributed by atoms with Gasteiger partial charge in [0.2, 0.25) is 0 Å². The maximum Gasteiger partial charge on any atom is 0.112 e. The van der Waals surface area contributed by atoms with Gasteiger partial charge in [-0.25, -0.2) is 0 Å². The van der Waals surface area contributed by atoms with Gasteiger partial charge in [0.15, 0.2) is 0 Å². The van der Waals surface area contributed by atoms with Crippen molar-refractivity contribution in [3.05, 3.63) is 83.6 Å². The fraction of sp³-hybridized carbons (Fsp3) is 0.176. The van der Waals surface area contributed by atoms with Gasteiger partial charge in [-0.3, -0.25) is 0 Å². The average Bonchev–Trinajstić information content (AvgIpc) is 2.41. The van der Waals surface area contributed by atoms with Crippen LogP contribution in [-0.2, 0) is 17.8 Å². The lowest BCUT2D eigenvalue weighted by atomic mass is 10.1. The maximum absolute atomic E-state index is 5.59. The first kappa shape index (κ1) is 12.4. The molecule has 0 aromatic heterocycles. The lowest BCUT2D eigenvalue weighted by Crippen LogP contribution is -1.90. The molecule has 0 spiro atoms. The molecule has 0 saturated heterocycles.